The molecule has 4 N–H and O–H groups in total. The summed E-state index contributed by atoms with van der Waals surface area (Å²) in [5, 5.41) is 14.5. The van der Waals surface area contributed by atoms with Crippen molar-refractivity contribution in [3.63, 3.8) is 0 Å². The molecule has 5 heteroatoms. The van der Waals surface area contributed by atoms with Gasteiger partial charge in [0.2, 0.25) is 5.91 Å². The molecular formula is C14H21N3O2. The van der Waals surface area contributed by atoms with Gasteiger partial charge < -0.3 is 16.3 Å². The van der Waals surface area contributed by atoms with Crippen LogP contribution in [0.2, 0.25) is 0 Å². The number of benzene rings is 1. The maximum atomic E-state index is 11.8. The van der Waals surface area contributed by atoms with Gasteiger partial charge in [-0.1, -0.05) is 44.1 Å². The Morgan fingerprint density at radius 1 is 1.42 bits per heavy atom. The summed E-state index contributed by atoms with van der Waals surface area (Å²) in [6.45, 7) is 6.38. The van der Waals surface area contributed by atoms with Gasteiger partial charge in [0.1, 0.15) is 0 Å². The van der Waals surface area contributed by atoms with Crippen LogP contribution in [-0.4, -0.2) is 17.0 Å². The maximum Gasteiger partial charge on any atom is 0.223 e. The highest BCUT2D eigenvalue weighted by molar-refractivity contribution is 5.97. The number of amidine groups is 1. The van der Waals surface area contributed by atoms with Crippen LogP contribution in [0.5, 0.6) is 0 Å². The Balaban J connectivity index is 2.66. The number of hydrogen-bond acceptors (Lipinski definition) is 3. The van der Waals surface area contributed by atoms with E-state index >= 15 is 0 Å². The first-order valence-corrected chi connectivity index (χ1v) is 6.30. The number of amides is 1. The molecule has 1 amide bonds. The van der Waals surface area contributed by atoms with Gasteiger partial charge in [-0.2, -0.15) is 0 Å². The lowest BCUT2D eigenvalue weighted by molar-refractivity contribution is -0.125. The summed E-state index contributed by atoms with van der Waals surface area (Å²) in [6.07, 6.45) is 0. The predicted octanol–water partition coefficient (Wildman–Crippen LogP) is 1.69. The first-order valence-electron chi connectivity index (χ1n) is 6.30. The van der Waals surface area contributed by atoms with Crippen LogP contribution in [-0.2, 0) is 11.3 Å². The number of nitrogens with zero attached hydrogens (tertiary/aromatic N) is 1. The Labute approximate surface area is 113 Å². The number of rotatable bonds is 5. The van der Waals surface area contributed by atoms with Crippen LogP contribution in [0.15, 0.2) is 29.4 Å². The highest BCUT2D eigenvalue weighted by Crippen LogP contribution is 2.10. The zero-order chi connectivity index (χ0) is 14.4. The van der Waals surface area contributed by atoms with Gasteiger partial charge >= 0.3 is 0 Å². The van der Waals surface area contributed by atoms with Crippen molar-refractivity contribution >= 4 is 11.7 Å². The Morgan fingerprint density at radius 3 is 2.68 bits per heavy atom. The first kappa shape index (κ1) is 15.0. The molecule has 0 bridgehead atoms. The number of hydrogen-bond donors (Lipinski definition) is 3. The van der Waals surface area contributed by atoms with Crippen LogP contribution in [0, 0.1) is 11.8 Å². The summed E-state index contributed by atoms with van der Waals surface area (Å²) < 4.78 is 0. The number of nitrogens with two attached hydrogens (primary N) is 1. The molecule has 1 aromatic carbocycles. The van der Waals surface area contributed by atoms with E-state index < -0.39 is 0 Å². The molecule has 5 nitrogen and oxygen atoms in total. The van der Waals surface area contributed by atoms with E-state index in [2.05, 4.69) is 10.5 Å². The van der Waals surface area contributed by atoms with Gasteiger partial charge in [0.05, 0.1) is 0 Å². The number of oxime groups is 1. The molecule has 0 saturated carbocycles. The molecular weight excluding hydrogens is 242 g/mol. The maximum absolute atomic E-state index is 11.8. The minimum atomic E-state index is -0.0211. The quantitative estimate of drug-likeness (QED) is 0.327. The van der Waals surface area contributed by atoms with Crippen LogP contribution in [0.3, 0.4) is 0 Å². The number of carbonyl (C=O) groups excluding carboxylic acids is 1. The van der Waals surface area contributed by atoms with Crippen molar-refractivity contribution in [2.45, 2.75) is 27.3 Å². The van der Waals surface area contributed by atoms with E-state index in [1.807, 2.05) is 26.8 Å². The molecule has 0 radical (unpaired) electrons. The summed E-state index contributed by atoms with van der Waals surface area (Å²) in [4.78, 5) is 11.8. The molecule has 0 aromatic heterocycles. The summed E-state index contributed by atoms with van der Waals surface area (Å²) in [5.41, 5.74) is 7.06. The third-order valence-electron chi connectivity index (χ3n) is 3.21. The second kappa shape index (κ2) is 6.78. The zero-order valence-corrected chi connectivity index (χ0v) is 11.6. The van der Waals surface area contributed by atoms with Gasteiger partial charge in [0.25, 0.3) is 0 Å². The lowest BCUT2D eigenvalue weighted by atomic mass is 9.97. The predicted molar refractivity (Wildman–Crippen MR) is 74.8 cm³/mol. The van der Waals surface area contributed by atoms with Crippen molar-refractivity contribution in [3.8, 4) is 0 Å². The molecule has 0 saturated heterocycles. The Hall–Kier alpha value is -2.04. The van der Waals surface area contributed by atoms with Crippen LogP contribution in [0.4, 0.5) is 0 Å². The lowest BCUT2D eigenvalue weighted by Crippen LogP contribution is -2.31. The van der Waals surface area contributed by atoms with E-state index in [1.54, 1.807) is 18.2 Å². The molecule has 1 rings (SSSR count). The van der Waals surface area contributed by atoms with Crippen molar-refractivity contribution in [3.05, 3.63) is 35.4 Å². The van der Waals surface area contributed by atoms with E-state index in [0.717, 1.165) is 5.56 Å². The third-order valence-corrected chi connectivity index (χ3v) is 3.21. The van der Waals surface area contributed by atoms with Gasteiger partial charge in [0.15, 0.2) is 5.84 Å². The van der Waals surface area contributed by atoms with Crippen molar-refractivity contribution in [1.82, 2.24) is 5.32 Å². The fraction of sp³-hybridized carbons (Fsp3) is 0.429. The van der Waals surface area contributed by atoms with Crippen molar-refractivity contribution in [1.29, 1.82) is 0 Å². The van der Waals surface area contributed by atoms with E-state index in [4.69, 9.17) is 10.9 Å². The number of nitrogens with one attached hydrogen (secondary N) is 1. The van der Waals surface area contributed by atoms with E-state index in [0.29, 0.717) is 18.0 Å². The first-order chi connectivity index (χ1) is 8.95. The van der Waals surface area contributed by atoms with Gasteiger partial charge in [-0.05, 0) is 17.5 Å². The van der Waals surface area contributed by atoms with Crippen molar-refractivity contribution in [2.75, 3.05) is 0 Å². The van der Waals surface area contributed by atoms with Crippen LogP contribution in [0.1, 0.15) is 31.9 Å². The van der Waals surface area contributed by atoms with Crippen LogP contribution < -0.4 is 11.1 Å². The molecule has 0 heterocycles. The Bertz CT molecular complexity index is 470. The fourth-order valence-corrected chi connectivity index (χ4v) is 1.55. The standard InChI is InChI=1S/C14H21N3O2/c1-9(2)10(3)14(18)16-8-11-5-4-6-12(7-11)13(15)17-19/h4-7,9-10,19H,8H2,1-3H3,(H2,15,17)(H,16,18). The molecule has 1 unspecified atom stereocenters. The summed E-state index contributed by atoms with van der Waals surface area (Å²) in [7, 11) is 0. The molecule has 0 spiro atoms. The second-order valence-electron chi connectivity index (χ2n) is 4.94. The smallest absolute Gasteiger partial charge is 0.223 e. The monoisotopic (exact) mass is 263 g/mol. The van der Waals surface area contributed by atoms with Crippen molar-refractivity contribution < 1.29 is 10.0 Å². The van der Waals surface area contributed by atoms with Crippen LogP contribution in [0.25, 0.3) is 0 Å². The number of carbonyl (C=O) groups is 1. The largest absolute Gasteiger partial charge is 0.409 e. The van der Waals surface area contributed by atoms with Gasteiger partial charge in [-0.3, -0.25) is 4.79 Å². The van der Waals surface area contributed by atoms with Gasteiger partial charge in [0, 0.05) is 18.0 Å². The fourth-order valence-electron chi connectivity index (χ4n) is 1.55. The zero-order valence-electron chi connectivity index (χ0n) is 11.6. The highest BCUT2D eigenvalue weighted by Gasteiger charge is 2.15. The molecule has 0 aliphatic rings. The lowest BCUT2D eigenvalue weighted by Gasteiger charge is -2.15. The van der Waals surface area contributed by atoms with Gasteiger partial charge in [-0.15, -0.1) is 0 Å². The van der Waals surface area contributed by atoms with E-state index in [-0.39, 0.29) is 17.7 Å². The van der Waals surface area contributed by atoms with Crippen molar-refractivity contribution in [2.24, 2.45) is 22.7 Å². The van der Waals surface area contributed by atoms with E-state index in [1.165, 1.54) is 0 Å². The molecule has 1 aromatic rings. The Morgan fingerprint density at radius 2 is 2.11 bits per heavy atom. The normalized spacial score (nSPS) is 13.4. The summed E-state index contributed by atoms with van der Waals surface area (Å²) >= 11 is 0. The topological polar surface area (TPSA) is 87.7 Å². The van der Waals surface area contributed by atoms with Gasteiger partial charge in [-0.25, -0.2) is 0 Å². The SMILES string of the molecule is CC(C)C(C)C(=O)NCc1cccc(C(N)=NO)c1. The van der Waals surface area contributed by atoms with E-state index in [9.17, 15) is 4.79 Å². The highest BCUT2D eigenvalue weighted by atomic mass is 16.4. The average molecular weight is 263 g/mol. The molecule has 1 atom stereocenters. The molecule has 0 aliphatic carbocycles. The molecule has 0 aliphatic heterocycles. The Kier molecular flexibility index (Phi) is 5.36. The molecule has 19 heavy (non-hydrogen) atoms. The van der Waals surface area contributed by atoms with Crippen LogP contribution >= 0.6 is 0 Å². The molecule has 0 fully saturated rings. The average Bonchev–Trinajstić information content (AvgIpc) is 2.43. The summed E-state index contributed by atoms with van der Waals surface area (Å²) in [6, 6.07) is 7.22. The molecule has 104 valence electrons. The summed E-state index contributed by atoms with van der Waals surface area (Å²) in [5.74, 6) is 0.378. The minimum Gasteiger partial charge on any atom is -0.409 e. The third kappa shape index (κ3) is 4.28. The minimum absolute atomic E-state index is 0.0211. The second-order valence-corrected chi connectivity index (χ2v) is 4.94.